The highest BCUT2D eigenvalue weighted by Gasteiger charge is 2.14. The van der Waals surface area contributed by atoms with Gasteiger partial charge in [-0.15, -0.1) is 0 Å². The van der Waals surface area contributed by atoms with Crippen LogP contribution in [0.25, 0.3) is 0 Å². The summed E-state index contributed by atoms with van der Waals surface area (Å²) in [5.41, 5.74) is 0.884. The molecule has 15 heavy (non-hydrogen) atoms. The maximum absolute atomic E-state index is 11.3. The number of hydrogen-bond acceptors (Lipinski definition) is 3. The number of aryl methyl sites for hydroxylation is 1. The van der Waals surface area contributed by atoms with Gasteiger partial charge in [0.25, 0.3) is 0 Å². The molecule has 0 bridgehead atoms. The molecule has 1 radical (unpaired) electrons. The molecular formula is C10H14NO3S. The van der Waals surface area contributed by atoms with Gasteiger partial charge in [-0.2, -0.15) is 0 Å². The summed E-state index contributed by atoms with van der Waals surface area (Å²) in [4.78, 5) is 0.0240. The topological polar surface area (TPSA) is 69.4 Å². The largest absolute Gasteiger partial charge is 0.495 e. The zero-order chi connectivity index (χ0) is 11.5. The molecule has 0 spiro atoms. The molecule has 0 amide bonds. The van der Waals surface area contributed by atoms with Crippen molar-refractivity contribution in [1.82, 2.24) is 0 Å². The Morgan fingerprint density at radius 1 is 1.47 bits per heavy atom. The van der Waals surface area contributed by atoms with Crippen molar-refractivity contribution in [3.63, 3.8) is 0 Å². The van der Waals surface area contributed by atoms with E-state index in [0.717, 1.165) is 5.56 Å². The minimum Gasteiger partial charge on any atom is -0.495 e. The minimum absolute atomic E-state index is 0.0240. The zero-order valence-corrected chi connectivity index (χ0v) is 9.38. The van der Waals surface area contributed by atoms with Crippen LogP contribution >= 0.6 is 0 Å². The van der Waals surface area contributed by atoms with E-state index in [-0.39, 0.29) is 10.6 Å². The molecule has 83 valence electrons. The van der Waals surface area contributed by atoms with E-state index in [0.29, 0.717) is 12.8 Å². The lowest BCUT2D eigenvalue weighted by atomic mass is 10.1. The van der Waals surface area contributed by atoms with E-state index in [9.17, 15) is 8.42 Å². The van der Waals surface area contributed by atoms with Crippen molar-refractivity contribution in [2.24, 2.45) is 5.14 Å². The van der Waals surface area contributed by atoms with Crippen LogP contribution in [-0.4, -0.2) is 15.5 Å². The van der Waals surface area contributed by atoms with Gasteiger partial charge in [0.05, 0.1) is 7.11 Å². The third-order valence-corrected chi connectivity index (χ3v) is 2.93. The Morgan fingerprint density at radius 3 is 2.60 bits per heavy atom. The first kappa shape index (κ1) is 12.0. The molecule has 0 atom stereocenters. The quantitative estimate of drug-likeness (QED) is 0.839. The van der Waals surface area contributed by atoms with Crippen LogP contribution in [-0.2, 0) is 16.4 Å². The van der Waals surface area contributed by atoms with Crippen molar-refractivity contribution in [3.8, 4) is 5.75 Å². The lowest BCUT2D eigenvalue weighted by Crippen LogP contribution is -2.13. The number of hydrogen-bond donors (Lipinski definition) is 1. The number of ether oxygens (including phenoxy) is 1. The highest BCUT2D eigenvalue weighted by atomic mass is 32.2. The van der Waals surface area contributed by atoms with E-state index >= 15 is 0 Å². The minimum atomic E-state index is -3.73. The van der Waals surface area contributed by atoms with Crippen molar-refractivity contribution in [1.29, 1.82) is 0 Å². The molecule has 5 heteroatoms. The number of primary sulfonamides is 1. The number of sulfonamides is 1. The lowest BCUT2D eigenvalue weighted by molar-refractivity contribution is 0.402. The van der Waals surface area contributed by atoms with Crippen LogP contribution in [0.3, 0.4) is 0 Å². The van der Waals surface area contributed by atoms with Crippen LogP contribution in [0.2, 0.25) is 0 Å². The van der Waals surface area contributed by atoms with Crippen LogP contribution < -0.4 is 9.88 Å². The van der Waals surface area contributed by atoms with E-state index < -0.39 is 10.0 Å². The Bertz CT molecular complexity index is 440. The van der Waals surface area contributed by atoms with Crippen LogP contribution in [0.1, 0.15) is 12.0 Å². The van der Waals surface area contributed by atoms with Crippen LogP contribution in [0.15, 0.2) is 23.1 Å². The maximum atomic E-state index is 11.3. The van der Waals surface area contributed by atoms with Gasteiger partial charge in [0.2, 0.25) is 10.0 Å². The van der Waals surface area contributed by atoms with Gasteiger partial charge in [-0.25, -0.2) is 13.6 Å². The predicted octanol–water partition coefficient (Wildman–Crippen LogP) is 1.11. The molecule has 0 saturated carbocycles. The average Bonchev–Trinajstić information content (AvgIpc) is 2.17. The van der Waals surface area contributed by atoms with Gasteiger partial charge in [-0.1, -0.05) is 13.0 Å². The van der Waals surface area contributed by atoms with Gasteiger partial charge in [-0.05, 0) is 30.5 Å². The molecule has 0 aliphatic carbocycles. The third-order valence-electron chi connectivity index (χ3n) is 2.00. The maximum Gasteiger partial charge on any atom is 0.241 e. The summed E-state index contributed by atoms with van der Waals surface area (Å²) >= 11 is 0. The van der Waals surface area contributed by atoms with Gasteiger partial charge in [-0.3, -0.25) is 0 Å². The second kappa shape index (κ2) is 4.63. The first-order valence-corrected chi connectivity index (χ1v) is 6.02. The van der Waals surface area contributed by atoms with E-state index in [2.05, 4.69) is 6.92 Å². The molecule has 0 fully saturated rings. The van der Waals surface area contributed by atoms with E-state index in [1.165, 1.54) is 13.2 Å². The Kier molecular flexibility index (Phi) is 3.71. The average molecular weight is 228 g/mol. The number of methoxy groups -OCH3 is 1. The van der Waals surface area contributed by atoms with Gasteiger partial charge in [0.15, 0.2) is 0 Å². The van der Waals surface area contributed by atoms with Gasteiger partial charge < -0.3 is 4.74 Å². The first-order valence-electron chi connectivity index (χ1n) is 4.48. The fourth-order valence-electron chi connectivity index (χ4n) is 1.30. The van der Waals surface area contributed by atoms with E-state index in [1.807, 2.05) is 0 Å². The van der Waals surface area contributed by atoms with E-state index in [4.69, 9.17) is 9.88 Å². The summed E-state index contributed by atoms with van der Waals surface area (Å²) in [6.07, 6.45) is 1.42. The molecular weight excluding hydrogens is 214 g/mol. The lowest BCUT2D eigenvalue weighted by Gasteiger charge is -2.08. The number of nitrogens with two attached hydrogens (primary N) is 1. The fourth-order valence-corrected chi connectivity index (χ4v) is 2.05. The first-order chi connectivity index (χ1) is 6.99. The summed E-state index contributed by atoms with van der Waals surface area (Å²) in [6.45, 7) is 3.70. The monoisotopic (exact) mass is 228 g/mol. The highest BCUT2D eigenvalue weighted by molar-refractivity contribution is 7.89. The number of benzene rings is 1. The zero-order valence-electron chi connectivity index (χ0n) is 8.56. The fraction of sp³-hybridized carbons (Fsp3) is 0.300. The molecule has 0 saturated heterocycles. The molecule has 0 aliphatic heterocycles. The van der Waals surface area contributed by atoms with Crippen molar-refractivity contribution in [2.75, 3.05) is 7.11 Å². The molecule has 0 unspecified atom stereocenters. The predicted molar refractivity (Wildman–Crippen MR) is 58.0 cm³/mol. The summed E-state index contributed by atoms with van der Waals surface area (Å²) in [6, 6.07) is 4.93. The van der Waals surface area contributed by atoms with Crippen LogP contribution in [0.4, 0.5) is 0 Å². The smallest absolute Gasteiger partial charge is 0.241 e. The molecule has 1 aromatic carbocycles. The van der Waals surface area contributed by atoms with Crippen molar-refractivity contribution >= 4 is 10.0 Å². The standard InChI is InChI=1S/C10H14NO3S/c1-3-4-8-5-6-9(14-2)10(7-8)15(11,12)13/h5-7H,1,3-4H2,2H3,(H2,11,12,13). The Hall–Kier alpha value is -1.07. The summed E-state index contributed by atoms with van der Waals surface area (Å²) in [7, 11) is -2.32. The van der Waals surface area contributed by atoms with Crippen LogP contribution in [0, 0.1) is 6.92 Å². The Balaban J connectivity index is 3.26. The summed E-state index contributed by atoms with van der Waals surface area (Å²) < 4.78 is 27.4. The molecule has 1 aromatic rings. The molecule has 4 nitrogen and oxygen atoms in total. The molecule has 0 aliphatic rings. The normalized spacial score (nSPS) is 11.4. The van der Waals surface area contributed by atoms with Gasteiger partial charge >= 0.3 is 0 Å². The Labute approximate surface area is 90.1 Å². The Morgan fingerprint density at radius 2 is 2.13 bits per heavy atom. The van der Waals surface area contributed by atoms with E-state index in [1.54, 1.807) is 12.1 Å². The second-order valence-corrected chi connectivity index (χ2v) is 4.66. The van der Waals surface area contributed by atoms with Gasteiger partial charge in [0, 0.05) is 0 Å². The molecule has 2 N–H and O–H groups in total. The molecule has 0 heterocycles. The SMILES string of the molecule is [CH2]CCc1ccc(OC)c(S(N)(=O)=O)c1. The van der Waals surface area contributed by atoms with Crippen molar-refractivity contribution in [2.45, 2.75) is 17.7 Å². The highest BCUT2D eigenvalue weighted by Crippen LogP contribution is 2.24. The summed E-state index contributed by atoms with van der Waals surface area (Å²) in [5.74, 6) is 0.269. The number of rotatable bonds is 4. The second-order valence-electron chi connectivity index (χ2n) is 3.13. The summed E-state index contributed by atoms with van der Waals surface area (Å²) in [5, 5.41) is 5.07. The van der Waals surface area contributed by atoms with Crippen molar-refractivity contribution < 1.29 is 13.2 Å². The molecule has 0 aromatic heterocycles. The van der Waals surface area contributed by atoms with Gasteiger partial charge in [0.1, 0.15) is 10.6 Å². The third kappa shape index (κ3) is 2.94. The molecule has 1 rings (SSSR count). The van der Waals surface area contributed by atoms with Crippen LogP contribution in [0.5, 0.6) is 5.75 Å². The van der Waals surface area contributed by atoms with Crippen molar-refractivity contribution in [3.05, 3.63) is 30.7 Å².